The van der Waals surface area contributed by atoms with E-state index in [9.17, 15) is 4.79 Å². The SMILES string of the molecule is Cc1ccccc1OCc1ccc(C(=O)NC(C)C2CC3CCC2C3)o1. The zero-order chi connectivity index (χ0) is 18.1. The number of furan rings is 1. The fourth-order valence-electron chi connectivity index (χ4n) is 4.74. The number of para-hydroxylation sites is 1. The summed E-state index contributed by atoms with van der Waals surface area (Å²) in [6.07, 6.45) is 5.33. The van der Waals surface area contributed by atoms with Gasteiger partial charge in [-0.05, 0) is 74.6 Å². The van der Waals surface area contributed by atoms with E-state index in [-0.39, 0.29) is 11.9 Å². The van der Waals surface area contributed by atoms with E-state index >= 15 is 0 Å². The summed E-state index contributed by atoms with van der Waals surface area (Å²) in [7, 11) is 0. The van der Waals surface area contributed by atoms with Gasteiger partial charge in [-0.2, -0.15) is 0 Å². The minimum Gasteiger partial charge on any atom is -0.485 e. The number of amides is 1. The maximum Gasteiger partial charge on any atom is 0.287 e. The second-order valence-electron chi connectivity index (χ2n) is 7.92. The third-order valence-electron chi connectivity index (χ3n) is 6.14. The second-order valence-corrected chi connectivity index (χ2v) is 7.92. The molecule has 1 N–H and O–H groups in total. The number of rotatable bonds is 6. The average molecular weight is 353 g/mol. The summed E-state index contributed by atoms with van der Waals surface area (Å²) in [6.45, 7) is 4.46. The lowest BCUT2D eigenvalue weighted by atomic mass is 9.84. The van der Waals surface area contributed by atoms with Gasteiger partial charge in [0.15, 0.2) is 5.76 Å². The van der Waals surface area contributed by atoms with Crippen molar-refractivity contribution in [1.82, 2.24) is 5.32 Å². The molecule has 1 aromatic heterocycles. The molecule has 0 radical (unpaired) electrons. The molecule has 4 heteroatoms. The van der Waals surface area contributed by atoms with E-state index in [0.717, 1.165) is 23.1 Å². The molecular weight excluding hydrogens is 326 g/mol. The Morgan fingerprint density at radius 3 is 2.81 bits per heavy atom. The summed E-state index contributed by atoms with van der Waals surface area (Å²) in [4.78, 5) is 12.5. The maximum absolute atomic E-state index is 12.5. The number of benzene rings is 1. The van der Waals surface area contributed by atoms with Gasteiger partial charge in [-0.15, -0.1) is 0 Å². The van der Waals surface area contributed by atoms with E-state index in [0.29, 0.717) is 24.0 Å². The number of hydrogen-bond donors (Lipinski definition) is 1. The number of hydrogen-bond acceptors (Lipinski definition) is 3. The molecule has 2 aromatic rings. The Balaban J connectivity index is 1.32. The summed E-state index contributed by atoms with van der Waals surface area (Å²) in [5.41, 5.74) is 1.08. The first-order valence-corrected chi connectivity index (χ1v) is 9.68. The van der Waals surface area contributed by atoms with Gasteiger partial charge >= 0.3 is 0 Å². The van der Waals surface area contributed by atoms with Gasteiger partial charge in [0.2, 0.25) is 0 Å². The number of carbonyl (C=O) groups is 1. The molecular formula is C22H27NO3. The van der Waals surface area contributed by atoms with Gasteiger partial charge in [-0.1, -0.05) is 24.6 Å². The van der Waals surface area contributed by atoms with Gasteiger partial charge in [0.25, 0.3) is 5.91 Å². The van der Waals surface area contributed by atoms with Crippen molar-refractivity contribution >= 4 is 5.91 Å². The van der Waals surface area contributed by atoms with Crippen LogP contribution in [0.3, 0.4) is 0 Å². The molecule has 2 fully saturated rings. The first-order valence-electron chi connectivity index (χ1n) is 9.68. The topological polar surface area (TPSA) is 51.5 Å². The van der Waals surface area contributed by atoms with Gasteiger partial charge in [0.1, 0.15) is 18.1 Å². The highest BCUT2D eigenvalue weighted by Crippen LogP contribution is 2.49. The highest BCUT2D eigenvalue weighted by molar-refractivity contribution is 5.91. The molecule has 0 saturated heterocycles. The molecule has 2 aliphatic rings. The third-order valence-corrected chi connectivity index (χ3v) is 6.14. The second kappa shape index (κ2) is 7.18. The highest BCUT2D eigenvalue weighted by atomic mass is 16.5. The largest absolute Gasteiger partial charge is 0.485 e. The van der Waals surface area contributed by atoms with Crippen LogP contribution in [0.2, 0.25) is 0 Å². The summed E-state index contributed by atoms with van der Waals surface area (Å²) in [5, 5.41) is 3.15. The van der Waals surface area contributed by atoms with Crippen LogP contribution in [0.1, 0.15) is 54.5 Å². The molecule has 0 spiro atoms. The fraction of sp³-hybridized carbons (Fsp3) is 0.500. The van der Waals surface area contributed by atoms with Crippen molar-refractivity contribution in [3.8, 4) is 5.75 Å². The molecule has 4 atom stereocenters. The van der Waals surface area contributed by atoms with E-state index in [2.05, 4.69) is 12.2 Å². The molecule has 1 heterocycles. The summed E-state index contributed by atoms with van der Waals surface area (Å²) in [6, 6.07) is 11.6. The number of carbonyl (C=O) groups excluding carboxylic acids is 1. The Kier molecular flexibility index (Phi) is 4.75. The van der Waals surface area contributed by atoms with E-state index in [1.54, 1.807) is 6.07 Å². The maximum atomic E-state index is 12.5. The summed E-state index contributed by atoms with van der Waals surface area (Å²) in [5.74, 6) is 4.04. The van der Waals surface area contributed by atoms with Crippen molar-refractivity contribution in [2.24, 2.45) is 17.8 Å². The van der Waals surface area contributed by atoms with E-state index in [4.69, 9.17) is 9.15 Å². The van der Waals surface area contributed by atoms with Crippen LogP contribution in [-0.2, 0) is 6.61 Å². The lowest BCUT2D eigenvalue weighted by molar-refractivity contribution is 0.0883. The first kappa shape index (κ1) is 17.2. The monoisotopic (exact) mass is 353 g/mol. The Morgan fingerprint density at radius 2 is 2.08 bits per heavy atom. The molecule has 0 aliphatic heterocycles. The Bertz CT molecular complexity index is 781. The van der Waals surface area contributed by atoms with Gasteiger partial charge < -0.3 is 14.5 Å². The van der Waals surface area contributed by atoms with Crippen LogP contribution >= 0.6 is 0 Å². The van der Waals surface area contributed by atoms with Crippen molar-refractivity contribution in [2.45, 2.75) is 52.2 Å². The average Bonchev–Trinajstić information content (AvgIpc) is 3.37. The molecule has 4 nitrogen and oxygen atoms in total. The fourth-order valence-corrected chi connectivity index (χ4v) is 4.74. The first-order chi connectivity index (χ1) is 12.6. The van der Waals surface area contributed by atoms with Gasteiger partial charge in [0, 0.05) is 6.04 Å². The molecule has 2 saturated carbocycles. The van der Waals surface area contributed by atoms with Crippen LogP contribution in [0.15, 0.2) is 40.8 Å². The van der Waals surface area contributed by atoms with Crippen molar-refractivity contribution < 1.29 is 13.9 Å². The molecule has 2 bridgehead atoms. The van der Waals surface area contributed by atoms with Crippen LogP contribution in [0.5, 0.6) is 5.75 Å². The zero-order valence-electron chi connectivity index (χ0n) is 15.5. The quantitative estimate of drug-likeness (QED) is 0.817. The van der Waals surface area contributed by atoms with Crippen LogP contribution in [-0.4, -0.2) is 11.9 Å². The van der Waals surface area contributed by atoms with Crippen molar-refractivity contribution in [3.05, 3.63) is 53.5 Å². The lowest BCUT2D eigenvalue weighted by Crippen LogP contribution is -2.40. The van der Waals surface area contributed by atoms with Gasteiger partial charge in [0.05, 0.1) is 0 Å². The number of nitrogens with one attached hydrogen (secondary N) is 1. The van der Waals surface area contributed by atoms with Crippen molar-refractivity contribution in [1.29, 1.82) is 0 Å². The van der Waals surface area contributed by atoms with Crippen LogP contribution in [0.25, 0.3) is 0 Å². The van der Waals surface area contributed by atoms with Gasteiger partial charge in [-0.3, -0.25) is 4.79 Å². The standard InChI is InChI=1S/C22H27NO3/c1-14-5-3-4-6-20(14)25-13-18-9-10-21(26-18)22(24)23-15(2)19-12-16-7-8-17(19)11-16/h3-6,9-10,15-17,19H,7-8,11-13H2,1-2H3,(H,23,24). The Hall–Kier alpha value is -2.23. The predicted molar refractivity (Wildman–Crippen MR) is 100 cm³/mol. The molecule has 2 aliphatic carbocycles. The molecule has 4 rings (SSSR count). The van der Waals surface area contributed by atoms with Crippen LogP contribution in [0.4, 0.5) is 0 Å². The Labute approximate surface area is 154 Å². The predicted octanol–water partition coefficient (Wildman–Crippen LogP) is 4.72. The molecule has 1 amide bonds. The molecule has 138 valence electrons. The summed E-state index contributed by atoms with van der Waals surface area (Å²) < 4.78 is 11.5. The minimum absolute atomic E-state index is 0.123. The number of fused-ring (bicyclic) bond motifs is 2. The van der Waals surface area contributed by atoms with Crippen LogP contribution < -0.4 is 10.1 Å². The van der Waals surface area contributed by atoms with Crippen molar-refractivity contribution in [3.63, 3.8) is 0 Å². The van der Waals surface area contributed by atoms with E-state index < -0.39 is 0 Å². The lowest BCUT2D eigenvalue weighted by Gasteiger charge is -2.28. The third kappa shape index (κ3) is 3.50. The summed E-state index contributed by atoms with van der Waals surface area (Å²) >= 11 is 0. The smallest absolute Gasteiger partial charge is 0.287 e. The van der Waals surface area contributed by atoms with Crippen molar-refractivity contribution in [2.75, 3.05) is 0 Å². The number of ether oxygens (including phenoxy) is 1. The van der Waals surface area contributed by atoms with E-state index in [1.807, 2.05) is 37.3 Å². The highest BCUT2D eigenvalue weighted by Gasteiger charge is 2.42. The molecule has 1 aromatic carbocycles. The van der Waals surface area contributed by atoms with E-state index in [1.165, 1.54) is 25.7 Å². The number of aryl methyl sites for hydroxylation is 1. The molecule has 4 unspecified atom stereocenters. The normalized spacial score (nSPS) is 25.2. The zero-order valence-corrected chi connectivity index (χ0v) is 15.5. The Morgan fingerprint density at radius 1 is 1.23 bits per heavy atom. The van der Waals surface area contributed by atoms with Crippen LogP contribution in [0, 0.1) is 24.7 Å². The molecule has 26 heavy (non-hydrogen) atoms. The minimum atomic E-state index is -0.123. The van der Waals surface area contributed by atoms with Gasteiger partial charge in [-0.25, -0.2) is 0 Å².